The van der Waals surface area contributed by atoms with E-state index in [1.807, 2.05) is 19.9 Å². The zero-order valence-electron chi connectivity index (χ0n) is 13.0. The predicted molar refractivity (Wildman–Crippen MR) is 81.4 cm³/mol. The van der Waals surface area contributed by atoms with Crippen molar-refractivity contribution >= 4 is 17.5 Å². The van der Waals surface area contributed by atoms with Crippen LogP contribution in [0, 0.1) is 6.92 Å². The van der Waals surface area contributed by atoms with E-state index in [1.54, 1.807) is 17.9 Å². The van der Waals surface area contributed by atoms with Crippen molar-refractivity contribution in [1.29, 1.82) is 0 Å². The largest absolute Gasteiger partial charge is 0.351 e. The van der Waals surface area contributed by atoms with E-state index < -0.39 is 0 Å². The van der Waals surface area contributed by atoms with Crippen LogP contribution in [0.4, 0.5) is 5.69 Å². The van der Waals surface area contributed by atoms with Gasteiger partial charge in [-0.05, 0) is 19.4 Å². The highest BCUT2D eigenvalue weighted by atomic mass is 16.2. The molecule has 0 aromatic carbocycles. The molecule has 0 saturated carbocycles. The Morgan fingerprint density at radius 2 is 2.09 bits per heavy atom. The highest BCUT2D eigenvalue weighted by Gasteiger charge is 2.18. The normalized spacial score (nSPS) is 10.5. The van der Waals surface area contributed by atoms with Crippen LogP contribution >= 0.6 is 0 Å². The number of carbonyl (C=O) groups is 2. The van der Waals surface area contributed by atoms with E-state index in [1.165, 1.54) is 10.9 Å². The van der Waals surface area contributed by atoms with Crippen molar-refractivity contribution in [3.63, 3.8) is 0 Å². The Labute approximate surface area is 128 Å². The Kier molecular flexibility index (Phi) is 4.92. The van der Waals surface area contributed by atoms with Gasteiger partial charge in [0.2, 0.25) is 5.91 Å². The Bertz CT molecular complexity index is 673. The van der Waals surface area contributed by atoms with Crippen LogP contribution in [0.3, 0.4) is 0 Å². The first-order chi connectivity index (χ1) is 10.5. The fraction of sp³-hybridized carbons (Fsp3) is 0.429. The van der Waals surface area contributed by atoms with Crippen LogP contribution in [-0.2, 0) is 18.4 Å². The Morgan fingerprint density at radius 1 is 1.32 bits per heavy atom. The standard InChI is InChI=1S/C14H20N6O2/c1-4-6-15-14(22)13-11(8-17-19(13)3)18-12(21)9-20-10(2)5-7-16-20/h5,7-8H,4,6,9H2,1-3H3,(H,15,22)(H,18,21). The first kappa shape index (κ1) is 15.7. The Balaban J connectivity index is 2.08. The fourth-order valence-electron chi connectivity index (χ4n) is 2.01. The van der Waals surface area contributed by atoms with Gasteiger partial charge >= 0.3 is 0 Å². The molecule has 118 valence electrons. The average molecular weight is 304 g/mol. The molecule has 2 rings (SSSR count). The zero-order chi connectivity index (χ0) is 16.1. The lowest BCUT2D eigenvalue weighted by Gasteiger charge is -2.09. The number of nitrogens with zero attached hydrogens (tertiary/aromatic N) is 4. The van der Waals surface area contributed by atoms with Crippen molar-refractivity contribution in [2.75, 3.05) is 11.9 Å². The molecular weight excluding hydrogens is 284 g/mol. The number of rotatable bonds is 6. The first-order valence-electron chi connectivity index (χ1n) is 7.11. The minimum Gasteiger partial charge on any atom is -0.351 e. The molecule has 0 aliphatic heterocycles. The number of carbonyl (C=O) groups excluding carboxylic acids is 2. The molecule has 0 spiro atoms. The molecule has 0 bridgehead atoms. The van der Waals surface area contributed by atoms with Crippen molar-refractivity contribution in [2.24, 2.45) is 7.05 Å². The summed E-state index contributed by atoms with van der Waals surface area (Å²) in [4.78, 5) is 24.2. The van der Waals surface area contributed by atoms with E-state index in [4.69, 9.17) is 0 Å². The number of hydrogen-bond donors (Lipinski definition) is 2. The average Bonchev–Trinajstić information content (AvgIpc) is 3.03. The molecule has 0 aliphatic carbocycles. The molecule has 0 aliphatic rings. The van der Waals surface area contributed by atoms with Crippen LogP contribution in [0.15, 0.2) is 18.5 Å². The molecule has 2 aromatic rings. The summed E-state index contributed by atoms with van der Waals surface area (Å²) in [6.07, 6.45) is 3.94. The maximum atomic E-state index is 12.1. The number of aryl methyl sites for hydroxylation is 2. The highest BCUT2D eigenvalue weighted by Crippen LogP contribution is 2.14. The van der Waals surface area contributed by atoms with Crippen LogP contribution in [0.5, 0.6) is 0 Å². The summed E-state index contributed by atoms with van der Waals surface area (Å²) < 4.78 is 3.03. The summed E-state index contributed by atoms with van der Waals surface area (Å²) in [6.45, 7) is 4.50. The van der Waals surface area contributed by atoms with E-state index in [2.05, 4.69) is 20.8 Å². The SMILES string of the molecule is CCCNC(=O)c1c(NC(=O)Cn2nccc2C)cnn1C. The monoisotopic (exact) mass is 304 g/mol. The van der Waals surface area contributed by atoms with Crippen LogP contribution in [0.2, 0.25) is 0 Å². The molecule has 8 nitrogen and oxygen atoms in total. The molecule has 0 fully saturated rings. The lowest BCUT2D eigenvalue weighted by Crippen LogP contribution is -2.28. The molecule has 2 aromatic heterocycles. The molecule has 8 heteroatoms. The quantitative estimate of drug-likeness (QED) is 0.821. The van der Waals surface area contributed by atoms with Gasteiger partial charge in [-0.1, -0.05) is 6.92 Å². The number of aromatic nitrogens is 4. The summed E-state index contributed by atoms with van der Waals surface area (Å²) in [5, 5.41) is 13.6. The number of amides is 2. The molecule has 0 atom stereocenters. The molecule has 0 radical (unpaired) electrons. The van der Waals surface area contributed by atoms with Gasteiger partial charge < -0.3 is 10.6 Å². The molecule has 2 N–H and O–H groups in total. The third-order valence-corrected chi connectivity index (χ3v) is 3.19. The minimum atomic E-state index is -0.260. The van der Waals surface area contributed by atoms with E-state index in [0.29, 0.717) is 17.9 Å². The van der Waals surface area contributed by atoms with E-state index in [-0.39, 0.29) is 18.4 Å². The number of anilines is 1. The predicted octanol–water partition coefficient (Wildman–Crippen LogP) is 0.704. The van der Waals surface area contributed by atoms with E-state index >= 15 is 0 Å². The van der Waals surface area contributed by atoms with Gasteiger partial charge in [0.05, 0.1) is 11.9 Å². The van der Waals surface area contributed by atoms with Crippen molar-refractivity contribution in [2.45, 2.75) is 26.8 Å². The van der Waals surface area contributed by atoms with Crippen molar-refractivity contribution in [3.8, 4) is 0 Å². The van der Waals surface area contributed by atoms with E-state index in [9.17, 15) is 9.59 Å². The van der Waals surface area contributed by atoms with Gasteiger partial charge in [0.1, 0.15) is 12.2 Å². The lowest BCUT2D eigenvalue weighted by molar-refractivity contribution is -0.116. The maximum Gasteiger partial charge on any atom is 0.271 e. The van der Waals surface area contributed by atoms with E-state index in [0.717, 1.165) is 12.1 Å². The third kappa shape index (κ3) is 3.51. The van der Waals surface area contributed by atoms with Crippen molar-refractivity contribution in [3.05, 3.63) is 29.8 Å². The highest BCUT2D eigenvalue weighted by molar-refractivity contribution is 6.02. The third-order valence-electron chi connectivity index (χ3n) is 3.19. The second kappa shape index (κ2) is 6.88. The smallest absolute Gasteiger partial charge is 0.271 e. The van der Waals surface area contributed by atoms with Crippen LogP contribution < -0.4 is 10.6 Å². The van der Waals surface area contributed by atoms with Gasteiger partial charge in [0.15, 0.2) is 0 Å². The number of nitrogens with one attached hydrogen (secondary N) is 2. The van der Waals surface area contributed by atoms with Crippen LogP contribution in [0.25, 0.3) is 0 Å². The van der Waals surface area contributed by atoms with Crippen LogP contribution in [0.1, 0.15) is 29.5 Å². The molecule has 22 heavy (non-hydrogen) atoms. The zero-order valence-corrected chi connectivity index (χ0v) is 13.0. The molecule has 2 amide bonds. The maximum absolute atomic E-state index is 12.1. The van der Waals surface area contributed by atoms with Crippen molar-refractivity contribution in [1.82, 2.24) is 24.9 Å². The molecule has 0 saturated heterocycles. The second-order valence-electron chi connectivity index (χ2n) is 4.96. The summed E-state index contributed by atoms with van der Waals surface area (Å²) in [5.74, 6) is -0.517. The van der Waals surface area contributed by atoms with Gasteiger partial charge in [-0.25, -0.2) is 0 Å². The minimum absolute atomic E-state index is 0.0871. The summed E-state index contributed by atoms with van der Waals surface area (Å²) in [7, 11) is 1.66. The Morgan fingerprint density at radius 3 is 2.73 bits per heavy atom. The molecule has 2 heterocycles. The molecular formula is C14H20N6O2. The van der Waals surface area contributed by atoms with Crippen molar-refractivity contribution < 1.29 is 9.59 Å². The fourth-order valence-corrected chi connectivity index (χ4v) is 2.01. The number of hydrogen-bond acceptors (Lipinski definition) is 4. The summed E-state index contributed by atoms with van der Waals surface area (Å²) in [5.41, 5.74) is 1.62. The Hall–Kier alpha value is -2.64. The topological polar surface area (TPSA) is 93.8 Å². The van der Waals surface area contributed by atoms with Gasteiger partial charge in [-0.2, -0.15) is 10.2 Å². The lowest BCUT2D eigenvalue weighted by atomic mass is 10.3. The van der Waals surface area contributed by atoms with Gasteiger partial charge in [0.25, 0.3) is 5.91 Å². The summed E-state index contributed by atoms with van der Waals surface area (Å²) >= 11 is 0. The second-order valence-corrected chi connectivity index (χ2v) is 4.96. The van der Waals surface area contributed by atoms with Crippen LogP contribution in [-0.4, -0.2) is 37.9 Å². The van der Waals surface area contributed by atoms with Gasteiger partial charge in [-0.3, -0.25) is 19.0 Å². The molecule has 0 unspecified atom stereocenters. The first-order valence-corrected chi connectivity index (χ1v) is 7.11. The van der Waals surface area contributed by atoms with Gasteiger partial charge in [0, 0.05) is 25.5 Å². The summed E-state index contributed by atoms with van der Waals surface area (Å²) in [6, 6.07) is 1.82. The van der Waals surface area contributed by atoms with Gasteiger partial charge in [-0.15, -0.1) is 0 Å².